The highest BCUT2D eigenvalue weighted by atomic mass is 35.5. The quantitative estimate of drug-likeness (QED) is 0.849. The highest BCUT2D eigenvalue weighted by Gasteiger charge is 2.43. The highest BCUT2D eigenvalue weighted by molar-refractivity contribution is 6.31. The Hall–Kier alpha value is -1.59. The van der Waals surface area contributed by atoms with Crippen molar-refractivity contribution in [3.8, 4) is 0 Å². The minimum atomic E-state index is 0.0253. The number of carbonyl (C=O) groups excluding carboxylic acids is 1. The van der Waals surface area contributed by atoms with Crippen LogP contribution < -0.4 is 5.32 Å². The van der Waals surface area contributed by atoms with E-state index in [4.69, 9.17) is 11.6 Å². The van der Waals surface area contributed by atoms with Gasteiger partial charge in [0.05, 0.1) is 5.52 Å². The van der Waals surface area contributed by atoms with E-state index in [2.05, 4.69) is 22.4 Å². The third-order valence-corrected chi connectivity index (χ3v) is 5.26. The van der Waals surface area contributed by atoms with Crippen LogP contribution in [0.2, 0.25) is 5.02 Å². The number of nitrogens with zero attached hydrogens (tertiary/aromatic N) is 2. The molecule has 0 bridgehead atoms. The molecule has 1 unspecified atom stereocenters. The maximum absolute atomic E-state index is 13.1. The van der Waals surface area contributed by atoms with E-state index >= 15 is 0 Å². The molecule has 2 aliphatic rings. The molecule has 1 aromatic heterocycles. The number of amides is 1. The van der Waals surface area contributed by atoms with Crippen LogP contribution in [-0.4, -0.2) is 46.2 Å². The molecule has 1 aromatic carbocycles. The zero-order chi connectivity index (χ0) is 15.3. The second-order valence-corrected chi connectivity index (χ2v) is 6.82. The first kappa shape index (κ1) is 14.0. The minimum Gasteiger partial charge on any atom is -0.330 e. The van der Waals surface area contributed by atoms with Crippen molar-refractivity contribution >= 4 is 28.4 Å². The number of aromatic amines is 1. The van der Waals surface area contributed by atoms with Crippen LogP contribution in [-0.2, 0) is 0 Å². The smallest absolute Gasteiger partial charge is 0.275 e. The van der Waals surface area contributed by atoms with Crippen LogP contribution in [0.4, 0.5) is 0 Å². The van der Waals surface area contributed by atoms with Gasteiger partial charge < -0.3 is 10.2 Å². The normalized spacial score (nSPS) is 28.1. The molecule has 4 rings (SSSR count). The fourth-order valence-electron chi connectivity index (χ4n) is 4.00. The third-order valence-electron chi connectivity index (χ3n) is 5.03. The molecule has 116 valence electrons. The number of piperidine rings is 1. The molecule has 0 aliphatic carbocycles. The summed E-state index contributed by atoms with van der Waals surface area (Å²) >= 11 is 6.00. The van der Waals surface area contributed by atoms with Gasteiger partial charge in [-0.1, -0.05) is 11.6 Å². The van der Waals surface area contributed by atoms with Gasteiger partial charge in [0.25, 0.3) is 5.91 Å². The van der Waals surface area contributed by atoms with Crippen LogP contribution in [0, 0.1) is 5.92 Å². The lowest BCUT2D eigenvalue weighted by atomic mass is 9.92. The molecule has 0 radical (unpaired) electrons. The van der Waals surface area contributed by atoms with Gasteiger partial charge in [-0.15, -0.1) is 0 Å². The molecule has 5 nitrogen and oxygen atoms in total. The maximum Gasteiger partial charge on any atom is 0.275 e. The Kier molecular flexibility index (Phi) is 3.35. The van der Waals surface area contributed by atoms with E-state index in [1.807, 2.05) is 11.0 Å². The Morgan fingerprint density at radius 1 is 1.45 bits per heavy atom. The van der Waals surface area contributed by atoms with Crippen molar-refractivity contribution in [2.45, 2.75) is 31.8 Å². The van der Waals surface area contributed by atoms with Crippen molar-refractivity contribution in [3.63, 3.8) is 0 Å². The molecule has 22 heavy (non-hydrogen) atoms. The van der Waals surface area contributed by atoms with Crippen molar-refractivity contribution in [1.82, 2.24) is 20.4 Å². The van der Waals surface area contributed by atoms with Gasteiger partial charge in [-0.25, -0.2) is 0 Å². The van der Waals surface area contributed by atoms with Crippen molar-refractivity contribution in [3.05, 3.63) is 28.9 Å². The Bertz CT molecular complexity index is 728. The first-order valence-corrected chi connectivity index (χ1v) is 8.20. The van der Waals surface area contributed by atoms with E-state index < -0.39 is 0 Å². The number of nitrogens with one attached hydrogen (secondary N) is 2. The van der Waals surface area contributed by atoms with Gasteiger partial charge in [-0.2, -0.15) is 5.10 Å². The zero-order valence-electron chi connectivity index (χ0n) is 12.5. The lowest BCUT2D eigenvalue weighted by molar-refractivity contribution is 0.0643. The topological polar surface area (TPSA) is 61.0 Å². The Morgan fingerprint density at radius 3 is 3.18 bits per heavy atom. The number of benzene rings is 1. The third kappa shape index (κ3) is 2.11. The number of carbonyl (C=O) groups is 1. The largest absolute Gasteiger partial charge is 0.330 e. The molecule has 2 aromatic rings. The molecule has 2 N–H and O–H groups in total. The molecule has 3 atom stereocenters. The lowest BCUT2D eigenvalue weighted by Crippen LogP contribution is -2.49. The first-order chi connectivity index (χ1) is 10.6. The molecule has 6 heteroatoms. The second kappa shape index (κ2) is 5.25. The van der Waals surface area contributed by atoms with Gasteiger partial charge >= 0.3 is 0 Å². The molecular weight excluding hydrogens is 300 g/mol. The van der Waals surface area contributed by atoms with E-state index in [9.17, 15) is 4.79 Å². The van der Waals surface area contributed by atoms with E-state index in [-0.39, 0.29) is 18.0 Å². The van der Waals surface area contributed by atoms with Crippen molar-refractivity contribution in [1.29, 1.82) is 0 Å². The average Bonchev–Trinajstić information content (AvgIpc) is 3.06. The summed E-state index contributed by atoms with van der Waals surface area (Å²) in [4.78, 5) is 15.1. The van der Waals surface area contributed by atoms with Crippen LogP contribution in [0.25, 0.3) is 10.9 Å². The summed E-state index contributed by atoms with van der Waals surface area (Å²) in [5.74, 6) is 0.636. The second-order valence-electron chi connectivity index (χ2n) is 6.38. The standard InChI is InChI=1S/C16H19ClN4O/c1-9-6-10-4-5-18-8-14(10)21(9)16(22)15-12-3-2-11(17)7-13(12)19-20-15/h2-3,7,9-10,14,18H,4-6,8H2,1H3,(H,19,20)/t9?,10-,14-/m1/s1. The predicted octanol–water partition coefficient (Wildman–Crippen LogP) is 2.43. The zero-order valence-corrected chi connectivity index (χ0v) is 13.2. The lowest BCUT2D eigenvalue weighted by Gasteiger charge is -2.33. The highest BCUT2D eigenvalue weighted by Crippen LogP contribution is 2.35. The van der Waals surface area contributed by atoms with Crippen molar-refractivity contribution < 1.29 is 4.79 Å². The summed E-state index contributed by atoms with van der Waals surface area (Å²) in [5, 5.41) is 12.1. The van der Waals surface area contributed by atoms with Crippen molar-refractivity contribution in [2.24, 2.45) is 5.92 Å². The van der Waals surface area contributed by atoms with Crippen LogP contribution >= 0.6 is 11.6 Å². The number of likely N-dealkylation sites (tertiary alicyclic amines) is 1. The van der Waals surface area contributed by atoms with Crippen LogP contribution in [0.5, 0.6) is 0 Å². The Labute approximate surface area is 134 Å². The summed E-state index contributed by atoms with van der Waals surface area (Å²) in [5.41, 5.74) is 1.31. The summed E-state index contributed by atoms with van der Waals surface area (Å²) in [7, 11) is 0. The summed E-state index contributed by atoms with van der Waals surface area (Å²) < 4.78 is 0. The monoisotopic (exact) mass is 318 g/mol. The van der Waals surface area contributed by atoms with Crippen LogP contribution in [0.15, 0.2) is 18.2 Å². The van der Waals surface area contributed by atoms with Gasteiger partial charge in [0.15, 0.2) is 5.69 Å². The van der Waals surface area contributed by atoms with E-state index in [1.165, 1.54) is 0 Å². The summed E-state index contributed by atoms with van der Waals surface area (Å²) in [6.45, 7) is 4.08. The van der Waals surface area contributed by atoms with Gasteiger partial charge in [-0.3, -0.25) is 9.89 Å². The molecule has 1 amide bonds. The van der Waals surface area contributed by atoms with Gasteiger partial charge in [0.2, 0.25) is 0 Å². The Balaban J connectivity index is 1.70. The number of halogens is 1. The average molecular weight is 319 g/mol. The minimum absolute atomic E-state index is 0.0253. The number of H-pyrrole nitrogens is 1. The van der Waals surface area contributed by atoms with E-state index in [0.717, 1.165) is 36.8 Å². The molecule has 2 saturated heterocycles. The van der Waals surface area contributed by atoms with Gasteiger partial charge in [0.1, 0.15) is 0 Å². The SMILES string of the molecule is CC1C[C@H]2CCNC[C@H]2N1C(=O)c1n[nH]c2cc(Cl)ccc12. The number of rotatable bonds is 1. The van der Waals surface area contributed by atoms with Crippen LogP contribution in [0.3, 0.4) is 0 Å². The van der Waals surface area contributed by atoms with Crippen LogP contribution in [0.1, 0.15) is 30.3 Å². The molecule has 0 spiro atoms. The van der Waals surface area contributed by atoms with Gasteiger partial charge in [0, 0.05) is 29.0 Å². The Morgan fingerprint density at radius 2 is 2.32 bits per heavy atom. The molecule has 0 saturated carbocycles. The van der Waals surface area contributed by atoms with E-state index in [1.54, 1.807) is 12.1 Å². The fraction of sp³-hybridized carbons (Fsp3) is 0.500. The molecule has 3 heterocycles. The molecule has 2 fully saturated rings. The number of hydrogen-bond acceptors (Lipinski definition) is 3. The maximum atomic E-state index is 13.1. The molecule has 2 aliphatic heterocycles. The predicted molar refractivity (Wildman–Crippen MR) is 86.1 cm³/mol. The summed E-state index contributed by atoms with van der Waals surface area (Å²) in [6, 6.07) is 6.02. The number of fused-ring (bicyclic) bond motifs is 2. The summed E-state index contributed by atoms with van der Waals surface area (Å²) in [6.07, 6.45) is 2.24. The van der Waals surface area contributed by atoms with Gasteiger partial charge in [-0.05, 0) is 50.4 Å². The number of aromatic nitrogens is 2. The molecular formula is C16H19ClN4O. The fourth-order valence-corrected chi connectivity index (χ4v) is 4.18. The number of hydrogen-bond donors (Lipinski definition) is 2. The first-order valence-electron chi connectivity index (χ1n) is 7.82. The van der Waals surface area contributed by atoms with E-state index in [0.29, 0.717) is 16.6 Å². The van der Waals surface area contributed by atoms with Crippen molar-refractivity contribution in [2.75, 3.05) is 13.1 Å².